The Kier molecular flexibility index (Phi) is 8.95. The lowest BCUT2D eigenvalue weighted by Crippen LogP contribution is -2.32. The Hall–Kier alpha value is -4.13. The maximum absolute atomic E-state index is 14.4. The number of benzene rings is 2. The summed E-state index contributed by atoms with van der Waals surface area (Å²) in [4.78, 5) is 32.9. The van der Waals surface area contributed by atoms with Crippen molar-refractivity contribution in [3.05, 3.63) is 82.3 Å². The molecule has 0 spiro atoms. The van der Waals surface area contributed by atoms with E-state index in [4.69, 9.17) is 4.74 Å². The van der Waals surface area contributed by atoms with Crippen LogP contribution in [0, 0.1) is 5.92 Å². The number of pyridine rings is 2. The maximum atomic E-state index is 14.4. The van der Waals surface area contributed by atoms with E-state index in [0.717, 1.165) is 40.6 Å². The molecule has 2 aromatic heterocycles. The van der Waals surface area contributed by atoms with Gasteiger partial charge in [0.1, 0.15) is 17.1 Å². The van der Waals surface area contributed by atoms with Crippen LogP contribution < -0.4 is 20.9 Å². The standard InChI is InChI=1S/C35H42N4O3/c1-22(2)27-16-10-17-28(23(3)4)31(27)37-35(41)38-32-30(25-14-9-15-26(20-25)42-5)29-18-11-19-36-33(29)39(34(32)40)21-24-12-7-6-8-13-24/h9-11,14-20,22-24H,6-8,12-13,21H2,1-5H3,(H2,37,38,41). The zero-order valence-electron chi connectivity index (χ0n) is 25.4. The molecule has 42 heavy (non-hydrogen) atoms. The first kappa shape index (κ1) is 29.4. The van der Waals surface area contributed by atoms with Gasteiger partial charge in [-0.2, -0.15) is 0 Å². The first-order valence-electron chi connectivity index (χ1n) is 15.1. The number of carbonyl (C=O) groups excluding carboxylic acids is 1. The molecule has 0 bridgehead atoms. The summed E-state index contributed by atoms with van der Waals surface area (Å²) in [6.45, 7) is 9.04. The number of hydrogen-bond donors (Lipinski definition) is 2. The second-order valence-corrected chi connectivity index (χ2v) is 12.0. The van der Waals surface area contributed by atoms with Gasteiger partial charge in [-0.3, -0.25) is 9.36 Å². The van der Waals surface area contributed by atoms with Gasteiger partial charge in [0, 0.05) is 29.4 Å². The number of nitrogens with one attached hydrogen (secondary N) is 2. The molecule has 7 nitrogen and oxygen atoms in total. The zero-order valence-corrected chi connectivity index (χ0v) is 25.4. The van der Waals surface area contributed by atoms with Crippen LogP contribution in [0.4, 0.5) is 16.2 Å². The average Bonchev–Trinajstić information content (AvgIpc) is 2.99. The van der Waals surface area contributed by atoms with Gasteiger partial charge in [-0.1, -0.05) is 77.3 Å². The van der Waals surface area contributed by atoms with E-state index >= 15 is 0 Å². The minimum atomic E-state index is -0.446. The van der Waals surface area contributed by atoms with Gasteiger partial charge in [0.2, 0.25) is 0 Å². The molecule has 2 N–H and O–H groups in total. The Morgan fingerprint density at radius 2 is 1.60 bits per heavy atom. The Morgan fingerprint density at radius 3 is 2.26 bits per heavy atom. The predicted molar refractivity (Wildman–Crippen MR) is 172 cm³/mol. The molecule has 1 saturated carbocycles. The first-order chi connectivity index (χ1) is 20.3. The van der Waals surface area contributed by atoms with Gasteiger partial charge < -0.3 is 15.4 Å². The number of hydrogen-bond acceptors (Lipinski definition) is 4. The van der Waals surface area contributed by atoms with Crippen molar-refractivity contribution in [1.82, 2.24) is 9.55 Å². The molecular formula is C35H42N4O3. The molecule has 1 aliphatic rings. The van der Waals surface area contributed by atoms with Crippen LogP contribution in [0.3, 0.4) is 0 Å². The summed E-state index contributed by atoms with van der Waals surface area (Å²) in [6.07, 6.45) is 7.49. The van der Waals surface area contributed by atoms with Gasteiger partial charge in [0.05, 0.1) is 7.11 Å². The number of methoxy groups -OCH3 is 1. The van der Waals surface area contributed by atoms with Crippen molar-refractivity contribution in [3.8, 4) is 16.9 Å². The highest BCUT2D eigenvalue weighted by Crippen LogP contribution is 2.36. The number of urea groups is 1. The van der Waals surface area contributed by atoms with Gasteiger partial charge >= 0.3 is 6.03 Å². The quantitative estimate of drug-likeness (QED) is 0.224. The third-order valence-corrected chi connectivity index (χ3v) is 8.39. The van der Waals surface area contributed by atoms with Crippen molar-refractivity contribution >= 4 is 28.4 Å². The molecule has 2 heterocycles. The number of amides is 2. The highest BCUT2D eigenvalue weighted by Gasteiger charge is 2.24. The van der Waals surface area contributed by atoms with Crippen LogP contribution in [0.2, 0.25) is 0 Å². The molecule has 4 aromatic rings. The summed E-state index contributed by atoms with van der Waals surface area (Å²) in [5, 5.41) is 6.95. The van der Waals surface area contributed by atoms with Crippen molar-refractivity contribution in [2.75, 3.05) is 17.7 Å². The summed E-state index contributed by atoms with van der Waals surface area (Å²) >= 11 is 0. The lowest BCUT2D eigenvalue weighted by Gasteiger charge is -2.25. The molecule has 7 heteroatoms. The minimum absolute atomic E-state index is 0.214. The second-order valence-electron chi connectivity index (χ2n) is 12.0. The SMILES string of the molecule is COc1cccc(-c2c(NC(=O)Nc3c(C(C)C)cccc3C(C)C)c(=O)n(CC3CCCCC3)c3ncccc23)c1. The van der Waals surface area contributed by atoms with Crippen LogP contribution in [0.1, 0.15) is 82.8 Å². The molecule has 0 unspecified atom stereocenters. The third kappa shape index (κ3) is 6.06. The van der Waals surface area contributed by atoms with E-state index in [1.165, 1.54) is 19.3 Å². The number of fused-ring (bicyclic) bond motifs is 1. The minimum Gasteiger partial charge on any atom is -0.497 e. The lowest BCUT2D eigenvalue weighted by atomic mass is 9.89. The summed E-state index contributed by atoms with van der Waals surface area (Å²) in [7, 11) is 1.62. The molecule has 0 aliphatic heterocycles. The van der Waals surface area contributed by atoms with Gasteiger partial charge in [0.25, 0.3) is 5.56 Å². The highest BCUT2D eigenvalue weighted by molar-refractivity contribution is 6.07. The number of aromatic nitrogens is 2. The maximum Gasteiger partial charge on any atom is 0.323 e. The fourth-order valence-corrected chi connectivity index (χ4v) is 6.23. The van der Waals surface area contributed by atoms with E-state index in [9.17, 15) is 9.59 Å². The van der Waals surface area contributed by atoms with Gasteiger partial charge in [-0.15, -0.1) is 0 Å². The average molecular weight is 567 g/mol. The van der Waals surface area contributed by atoms with Crippen molar-refractivity contribution in [2.24, 2.45) is 5.92 Å². The van der Waals surface area contributed by atoms with E-state index in [1.807, 2.05) is 54.6 Å². The Balaban J connectivity index is 1.66. The molecule has 220 valence electrons. The normalized spacial score (nSPS) is 14.0. The summed E-state index contributed by atoms with van der Waals surface area (Å²) in [5.74, 6) is 1.49. The first-order valence-corrected chi connectivity index (χ1v) is 15.1. The predicted octanol–water partition coefficient (Wildman–Crippen LogP) is 8.54. The lowest BCUT2D eigenvalue weighted by molar-refractivity contribution is 0.262. The topological polar surface area (TPSA) is 85.3 Å². The zero-order chi connectivity index (χ0) is 29.8. The van der Waals surface area contributed by atoms with Gasteiger partial charge in [0.15, 0.2) is 0 Å². The van der Waals surface area contributed by atoms with Crippen LogP contribution in [0.25, 0.3) is 22.2 Å². The van der Waals surface area contributed by atoms with Gasteiger partial charge in [-0.25, -0.2) is 9.78 Å². The fourth-order valence-electron chi connectivity index (χ4n) is 6.23. The molecule has 1 aliphatic carbocycles. The van der Waals surface area contributed by atoms with E-state index in [1.54, 1.807) is 17.9 Å². The summed E-state index contributed by atoms with van der Waals surface area (Å²) < 4.78 is 7.29. The Labute approximate surface area is 248 Å². The molecule has 5 rings (SSSR count). The number of anilines is 2. The van der Waals surface area contributed by atoms with Gasteiger partial charge in [-0.05, 0) is 71.6 Å². The Bertz CT molecular complexity index is 1610. The molecule has 0 radical (unpaired) electrons. The van der Waals surface area contributed by atoms with Crippen molar-refractivity contribution in [3.63, 3.8) is 0 Å². The van der Waals surface area contributed by atoms with Crippen LogP contribution in [-0.2, 0) is 6.54 Å². The molecule has 0 saturated heterocycles. The Morgan fingerprint density at radius 1 is 0.929 bits per heavy atom. The van der Waals surface area contributed by atoms with Crippen LogP contribution in [0.5, 0.6) is 5.75 Å². The number of rotatable bonds is 8. The fraction of sp³-hybridized carbons (Fsp3) is 0.400. The second kappa shape index (κ2) is 12.8. The largest absolute Gasteiger partial charge is 0.497 e. The number of para-hydroxylation sites is 1. The molecule has 2 amide bonds. The van der Waals surface area contributed by atoms with Crippen molar-refractivity contribution in [1.29, 1.82) is 0 Å². The number of ether oxygens (including phenoxy) is 1. The summed E-state index contributed by atoms with van der Waals surface area (Å²) in [6, 6.07) is 17.1. The van der Waals surface area contributed by atoms with E-state index in [-0.39, 0.29) is 23.1 Å². The van der Waals surface area contributed by atoms with Crippen molar-refractivity contribution in [2.45, 2.75) is 78.2 Å². The molecule has 1 fully saturated rings. The molecule has 0 atom stereocenters. The van der Waals surface area contributed by atoms with Crippen LogP contribution in [-0.4, -0.2) is 22.7 Å². The van der Waals surface area contributed by atoms with Crippen LogP contribution in [0.15, 0.2) is 65.6 Å². The monoisotopic (exact) mass is 566 g/mol. The van der Waals surface area contributed by atoms with E-state index < -0.39 is 6.03 Å². The molecular weight excluding hydrogens is 524 g/mol. The van der Waals surface area contributed by atoms with Crippen LogP contribution >= 0.6 is 0 Å². The number of carbonyl (C=O) groups is 1. The highest BCUT2D eigenvalue weighted by atomic mass is 16.5. The van der Waals surface area contributed by atoms with Crippen molar-refractivity contribution < 1.29 is 9.53 Å². The summed E-state index contributed by atoms with van der Waals surface area (Å²) in [5.41, 5.74) is 4.94. The van der Waals surface area contributed by atoms with E-state index in [2.05, 4.69) is 43.3 Å². The number of nitrogens with zero attached hydrogens (tertiary/aromatic N) is 2. The smallest absolute Gasteiger partial charge is 0.323 e. The van der Waals surface area contributed by atoms with E-state index in [0.29, 0.717) is 29.4 Å². The molecule has 2 aromatic carbocycles. The third-order valence-electron chi connectivity index (χ3n) is 8.39.